The first-order chi connectivity index (χ1) is 8.39. The molecule has 1 rings (SSSR count). The van der Waals surface area contributed by atoms with Crippen LogP contribution in [0.2, 0.25) is 0 Å². The predicted molar refractivity (Wildman–Crippen MR) is 78.3 cm³/mol. The highest BCUT2D eigenvalue weighted by Crippen LogP contribution is 2.27. The summed E-state index contributed by atoms with van der Waals surface area (Å²) in [5, 5.41) is 8.68. The number of carbonyl (C=O) groups is 2. The van der Waals surface area contributed by atoms with Gasteiger partial charge >= 0.3 is 0 Å². The van der Waals surface area contributed by atoms with Crippen LogP contribution in [0.3, 0.4) is 0 Å². The number of carbonyl (C=O) groups excluding carboxylic acids is 2. The molecule has 2 amide bonds. The van der Waals surface area contributed by atoms with Crippen LogP contribution in [0.25, 0.3) is 0 Å². The summed E-state index contributed by atoms with van der Waals surface area (Å²) < 4.78 is 0. The van der Waals surface area contributed by atoms with Gasteiger partial charge in [0.1, 0.15) is 0 Å². The van der Waals surface area contributed by atoms with Crippen LogP contribution in [0, 0.1) is 11.3 Å². The maximum Gasteiger partial charge on any atom is 0.234 e. The van der Waals surface area contributed by atoms with Gasteiger partial charge in [-0.05, 0) is 25.3 Å². The third kappa shape index (κ3) is 8.83. The average molecular weight is 292 g/mol. The Morgan fingerprint density at radius 1 is 1.11 bits per heavy atom. The fourth-order valence-electron chi connectivity index (χ4n) is 1.42. The maximum absolute atomic E-state index is 11.5. The van der Waals surface area contributed by atoms with Crippen LogP contribution in [0.15, 0.2) is 0 Å². The van der Waals surface area contributed by atoms with Crippen molar-refractivity contribution in [2.45, 2.75) is 33.6 Å². The van der Waals surface area contributed by atoms with E-state index >= 15 is 0 Å². The molecule has 1 saturated carbocycles. The highest BCUT2D eigenvalue weighted by Gasteiger charge is 2.21. The van der Waals surface area contributed by atoms with Crippen molar-refractivity contribution in [3.63, 3.8) is 0 Å². The molecule has 19 heavy (non-hydrogen) atoms. The summed E-state index contributed by atoms with van der Waals surface area (Å²) in [4.78, 5) is 22.9. The molecular formula is C13H26ClN3O2. The molecule has 3 N–H and O–H groups in total. The smallest absolute Gasteiger partial charge is 0.234 e. The molecule has 6 heteroatoms. The summed E-state index contributed by atoms with van der Waals surface area (Å²) in [5.41, 5.74) is -0.379. The molecule has 0 aromatic rings. The summed E-state index contributed by atoms with van der Waals surface area (Å²) in [6.45, 7) is 7.85. The van der Waals surface area contributed by atoms with Crippen molar-refractivity contribution in [2.75, 3.05) is 26.2 Å². The van der Waals surface area contributed by atoms with Crippen molar-refractivity contribution < 1.29 is 9.59 Å². The van der Waals surface area contributed by atoms with Crippen LogP contribution in [0.4, 0.5) is 0 Å². The number of halogens is 1. The zero-order chi connectivity index (χ0) is 13.6. The summed E-state index contributed by atoms with van der Waals surface area (Å²) in [6.07, 6.45) is 2.57. The van der Waals surface area contributed by atoms with E-state index in [2.05, 4.69) is 16.0 Å². The lowest BCUT2D eigenvalue weighted by atomic mass is 9.96. The molecule has 0 aromatic carbocycles. The maximum atomic E-state index is 11.5. The second-order valence-electron chi connectivity index (χ2n) is 5.93. The molecule has 1 aliphatic carbocycles. The van der Waals surface area contributed by atoms with Crippen LogP contribution >= 0.6 is 12.4 Å². The average Bonchev–Trinajstić information content (AvgIpc) is 3.06. The SMILES string of the molecule is CC(C)(C)C(=O)NCCNC(=O)CNCC1CC1.Cl. The molecule has 0 saturated heterocycles. The molecule has 1 fully saturated rings. The summed E-state index contributed by atoms with van der Waals surface area (Å²) in [7, 11) is 0. The lowest BCUT2D eigenvalue weighted by Gasteiger charge is -2.17. The Balaban J connectivity index is 0.00000324. The number of nitrogens with one attached hydrogen (secondary N) is 3. The fraction of sp³-hybridized carbons (Fsp3) is 0.846. The molecule has 1 aliphatic rings. The minimum atomic E-state index is -0.379. The van der Waals surface area contributed by atoms with E-state index in [1.807, 2.05) is 20.8 Å². The van der Waals surface area contributed by atoms with Gasteiger partial charge in [-0.1, -0.05) is 20.8 Å². The van der Waals surface area contributed by atoms with Gasteiger partial charge in [-0.25, -0.2) is 0 Å². The summed E-state index contributed by atoms with van der Waals surface area (Å²) in [5.74, 6) is 0.771. The highest BCUT2D eigenvalue weighted by molar-refractivity contribution is 5.85. The Morgan fingerprint density at radius 3 is 2.21 bits per heavy atom. The van der Waals surface area contributed by atoms with Crippen LogP contribution in [0.1, 0.15) is 33.6 Å². The summed E-state index contributed by atoms with van der Waals surface area (Å²) in [6, 6.07) is 0. The van der Waals surface area contributed by atoms with Gasteiger partial charge in [0, 0.05) is 18.5 Å². The van der Waals surface area contributed by atoms with Crippen LogP contribution < -0.4 is 16.0 Å². The molecule has 0 spiro atoms. The molecular weight excluding hydrogens is 266 g/mol. The van der Waals surface area contributed by atoms with E-state index in [9.17, 15) is 9.59 Å². The van der Waals surface area contributed by atoms with Crippen LogP contribution in [0.5, 0.6) is 0 Å². The van der Waals surface area contributed by atoms with Gasteiger partial charge in [0.25, 0.3) is 0 Å². The lowest BCUT2D eigenvalue weighted by molar-refractivity contribution is -0.128. The van der Waals surface area contributed by atoms with E-state index in [4.69, 9.17) is 0 Å². The molecule has 0 atom stereocenters. The number of rotatable bonds is 7. The van der Waals surface area contributed by atoms with Crippen molar-refractivity contribution in [3.05, 3.63) is 0 Å². The number of hydrogen-bond acceptors (Lipinski definition) is 3. The first kappa shape index (κ1) is 18.2. The molecule has 0 bridgehead atoms. The first-order valence-electron chi connectivity index (χ1n) is 6.65. The highest BCUT2D eigenvalue weighted by atomic mass is 35.5. The van der Waals surface area contributed by atoms with Gasteiger partial charge in [-0.2, -0.15) is 0 Å². The normalized spacial score (nSPS) is 14.5. The van der Waals surface area contributed by atoms with Gasteiger partial charge in [-0.15, -0.1) is 12.4 Å². The van der Waals surface area contributed by atoms with Crippen molar-refractivity contribution in [1.29, 1.82) is 0 Å². The second kappa shape index (κ2) is 8.38. The first-order valence-corrected chi connectivity index (χ1v) is 6.65. The van der Waals surface area contributed by atoms with E-state index in [0.717, 1.165) is 12.5 Å². The van der Waals surface area contributed by atoms with Crippen molar-refractivity contribution >= 4 is 24.2 Å². The quantitative estimate of drug-likeness (QED) is 0.604. The zero-order valence-electron chi connectivity index (χ0n) is 12.0. The molecule has 0 heterocycles. The standard InChI is InChI=1S/C13H25N3O2.ClH/c1-13(2,3)12(18)16-7-6-15-11(17)9-14-8-10-4-5-10;/h10,14H,4-9H2,1-3H3,(H,15,17)(H,16,18);1H. The van der Waals surface area contributed by atoms with Gasteiger partial charge in [0.2, 0.25) is 11.8 Å². The third-order valence-electron chi connectivity index (χ3n) is 2.83. The van der Waals surface area contributed by atoms with Crippen molar-refractivity contribution in [1.82, 2.24) is 16.0 Å². The van der Waals surface area contributed by atoms with Gasteiger partial charge in [-0.3, -0.25) is 9.59 Å². The third-order valence-corrected chi connectivity index (χ3v) is 2.83. The van der Waals surface area contributed by atoms with Gasteiger partial charge in [0.15, 0.2) is 0 Å². The monoisotopic (exact) mass is 291 g/mol. The molecule has 0 aliphatic heterocycles. The number of amides is 2. The van der Waals surface area contributed by atoms with E-state index in [1.54, 1.807) is 0 Å². The predicted octanol–water partition coefficient (Wildman–Crippen LogP) is 0.686. The van der Waals surface area contributed by atoms with E-state index < -0.39 is 0 Å². The fourth-order valence-corrected chi connectivity index (χ4v) is 1.42. The summed E-state index contributed by atoms with van der Waals surface area (Å²) >= 11 is 0. The minimum Gasteiger partial charge on any atom is -0.354 e. The van der Waals surface area contributed by atoms with Crippen molar-refractivity contribution in [3.8, 4) is 0 Å². The van der Waals surface area contributed by atoms with E-state index in [0.29, 0.717) is 19.6 Å². The Bertz CT molecular complexity index is 299. The largest absolute Gasteiger partial charge is 0.354 e. The lowest BCUT2D eigenvalue weighted by Crippen LogP contribution is -2.42. The Morgan fingerprint density at radius 2 is 1.68 bits per heavy atom. The van der Waals surface area contributed by atoms with Crippen LogP contribution in [-0.4, -0.2) is 38.0 Å². The second-order valence-corrected chi connectivity index (χ2v) is 5.93. The Kier molecular flexibility index (Phi) is 8.02. The van der Waals surface area contributed by atoms with Crippen molar-refractivity contribution in [2.24, 2.45) is 11.3 Å². The van der Waals surface area contributed by atoms with Gasteiger partial charge in [0.05, 0.1) is 6.54 Å². The topological polar surface area (TPSA) is 70.2 Å². The van der Waals surface area contributed by atoms with E-state index in [1.165, 1.54) is 12.8 Å². The Labute approximate surface area is 121 Å². The van der Waals surface area contributed by atoms with Gasteiger partial charge < -0.3 is 16.0 Å². The van der Waals surface area contributed by atoms with Crippen LogP contribution in [-0.2, 0) is 9.59 Å². The minimum absolute atomic E-state index is 0. The molecule has 0 aromatic heterocycles. The molecule has 0 unspecified atom stereocenters. The Hall–Kier alpha value is -0.810. The van der Waals surface area contributed by atoms with E-state index in [-0.39, 0.29) is 29.6 Å². The molecule has 112 valence electrons. The zero-order valence-corrected chi connectivity index (χ0v) is 12.9. The number of hydrogen-bond donors (Lipinski definition) is 3. The molecule has 5 nitrogen and oxygen atoms in total. The molecule has 0 radical (unpaired) electrons.